The van der Waals surface area contributed by atoms with Gasteiger partial charge in [-0.05, 0) is 117 Å². The molecule has 0 aromatic heterocycles. The molecule has 50 heavy (non-hydrogen) atoms. The summed E-state index contributed by atoms with van der Waals surface area (Å²) in [5.41, 5.74) is 18.8. The molecule has 0 N–H and O–H groups in total. The monoisotopic (exact) mass is 637 g/mol. The molecule has 0 bridgehead atoms. The summed E-state index contributed by atoms with van der Waals surface area (Å²) in [5, 5.41) is 2.47. The third-order valence-electron chi connectivity index (χ3n) is 11.0. The Morgan fingerprint density at radius 2 is 0.840 bits per heavy atom. The quantitative estimate of drug-likeness (QED) is 0.186. The maximum atomic E-state index is 2.49. The SMILES string of the molecule is Cc1ccc2c(c1)C1(c3ccccc3-c3ccc(N(c4ccc(-c5ccccc5)cc4)c4ccc5ccccc5c4)cc31)c1cc(C)ccc1-2. The van der Waals surface area contributed by atoms with Crippen LogP contribution in [0.2, 0.25) is 0 Å². The molecule has 2 aliphatic carbocycles. The molecule has 1 heteroatoms. The average molecular weight is 638 g/mol. The van der Waals surface area contributed by atoms with Gasteiger partial charge in [0.1, 0.15) is 0 Å². The van der Waals surface area contributed by atoms with Crippen molar-refractivity contribution in [2.75, 3.05) is 4.90 Å². The number of anilines is 3. The predicted octanol–water partition coefficient (Wildman–Crippen LogP) is 12.9. The Bertz CT molecular complexity index is 2560. The predicted molar refractivity (Wildman–Crippen MR) is 210 cm³/mol. The summed E-state index contributed by atoms with van der Waals surface area (Å²) < 4.78 is 0. The van der Waals surface area contributed by atoms with E-state index in [1.54, 1.807) is 0 Å². The number of rotatable bonds is 4. The lowest BCUT2D eigenvalue weighted by atomic mass is 9.70. The zero-order chi connectivity index (χ0) is 33.4. The molecule has 0 saturated carbocycles. The Kier molecular flexibility index (Phi) is 6.29. The number of hydrogen-bond acceptors (Lipinski definition) is 1. The molecule has 1 spiro atoms. The number of hydrogen-bond donors (Lipinski definition) is 0. The van der Waals surface area contributed by atoms with Crippen LogP contribution in [0.25, 0.3) is 44.2 Å². The van der Waals surface area contributed by atoms with Gasteiger partial charge in [-0.2, -0.15) is 0 Å². The second-order valence-electron chi connectivity index (χ2n) is 13.9. The van der Waals surface area contributed by atoms with Crippen LogP contribution in [0.5, 0.6) is 0 Å². The van der Waals surface area contributed by atoms with Crippen molar-refractivity contribution in [2.24, 2.45) is 0 Å². The van der Waals surface area contributed by atoms with Gasteiger partial charge in [-0.15, -0.1) is 0 Å². The van der Waals surface area contributed by atoms with Gasteiger partial charge in [0.05, 0.1) is 5.41 Å². The normalized spacial score (nSPS) is 13.2. The average Bonchev–Trinajstić information content (AvgIpc) is 3.61. The molecule has 0 unspecified atom stereocenters. The molecule has 0 amide bonds. The van der Waals surface area contributed by atoms with Crippen molar-refractivity contribution in [2.45, 2.75) is 19.3 Å². The summed E-state index contributed by atoms with van der Waals surface area (Å²) >= 11 is 0. The fraction of sp³-hybridized carbons (Fsp3) is 0.0612. The minimum Gasteiger partial charge on any atom is -0.310 e. The summed E-state index contributed by atoms with van der Waals surface area (Å²) in [6.07, 6.45) is 0. The molecule has 0 radical (unpaired) electrons. The first kappa shape index (κ1) is 28.8. The third kappa shape index (κ3) is 4.13. The van der Waals surface area contributed by atoms with E-state index in [4.69, 9.17) is 0 Å². The largest absolute Gasteiger partial charge is 0.310 e. The number of fused-ring (bicyclic) bond motifs is 11. The van der Waals surface area contributed by atoms with Crippen molar-refractivity contribution in [1.29, 1.82) is 0 Å². The highest BCUT2D eigenvalue weighted by atomic mass is 15.1. The van der Waals surface area contributed by atoms with Gasteiger partial charge in [0.15, 0.2) is 0 Å². The topological polar surface area (TPSA) is 3.24 Å². The first-order valence-electron chi connectivity index (χ1n) is 17.5. The van der Waals surface area contributed by atoms with Crippen molar-refractivity contribution in [3.05, 3.63) is 209 Å². The van der Waals surface area contributed by atoms with Crippen LogP contribution in [-0.4, -0.2) is 0 Å². The van der Waals surface area contributed by atoms with E-state index in [0.717, 1.165) is 17.1 Å². The van der Waals surface area contributed by atoms with Crippen LogP contribution in [0.1, 0.15) is 33.4 Å². The fourth-order valence-electron chi connectivity index (χ4n) is 8.73. The third-order valence-corrected chi connectivity index (χ3v) is 11.0. The van der Waals surface area contributed by atoms with E-state index in [9.17, 15) is 0 Å². The summed E-state index contributed by atoms with van der Waals surface area (Å²) in [4.78, 5) is 2.43. The number of aryl methyl sites for hydroxylation is 2. The zero-order valence-electron chi connectivity index (χ0n) is 28.2. The molecule has 8 aromatic carbocycles. The van der Waals surface area contributed by atoms with Gasteiger partial charge in [-0.3, -0.25) is 0 Å². The Hall–Kier alpha value is -6.18. The van der Waals surface area contributed by atoms with E-state index in [2.05, 4.69) is 195 Å². The first-order chi connectivity index (χ1) is 24.6. The lowest BCUT2D eigenvalue weighted by molar-refractivity contribution is 0.791. The Labute approximate surface area is 293 Å². The molecule has 1 nitrogen and oxygen atoms in total. The van der Waals surface area contributed by atoms with E-state index in [-0.39, 0.29) is 0 Å². The van der Waals surface area contributed by atoms with Crippen LogP contribution in [0.15, 0.2) is 176 Å². The summed E-state index contributed by atoms with van der Waals surface area (Å²) in [5.74, 6) is 0. The van der Waals surface area contributed by atoms with Crippen molar-refractivity contribution in [3.8, 4) is 33.4 Å². The minimum absolute atomic E-state index is 0.406. The molecule has 236 valence electrons. The number of nitrogens with zero attached hydrogens (tertiary/aromatic N) is 1. The van der Waals surface area contributed by atoms with Crippen LogP contribution in [-0.2, 0) is 5.41 Å². The van der Waals surface area contributed by atoms with Crippen LogP contribution in [0.4, 0.5) is 17.1 Å². The van der Waals surface area contributed by atoms with Crippen molar-refractivity contribution in [1.82, 2.24) is 0 Å². The molecule has 0 fully saturated rings. The molecule has 0 aliphatic heterocycles. The van der Waals surface area contributed by atoms with Crippen LogP contribution in [0, 0.1) is 13.8 Å². The van der Waals surface area contributed by atoms with Gasteiger partial charge in [-0.1, -0.05) is 151 Å². The highest BCUT2D eigenvalue weighted by Gasteiger charge is 2.52. The van der Waals surface area contributed by atoms with E-state index < -0.39 is 5.41 Å². The van der Waals surface area contributed by atoms with Crippen LogP contribution >= 0.6 is 0 Å². The van der Waals surface area contributed by atoms with Gasteiger partial charge in [0, 0.05) is 17.1 Å². The summed E-state index contributed by atoms with van der Waals surface area (Å²) in [6.45, 7) is 4.45. The molecular formula is C49H35N. The maximum Gasteiger partial charge on any atom is 0.0726 e. The van der Waals surface area contributed by atoms with E-state index >= 15 is 0 Å². The fourth-order valence-corrected chi connectivity index (χ4v) is 8.73. The molecule has 10 rings (SSSR count). The first-order valence-corrected chi connectivity index (χ1v) is 17.5. The highest BCUT2D eigenvalue weighted by molar-refractivity contribution is 5.97. The van der Waals surface area contributed by atoms with Crippen molar-refractivity contribution in [3.63, 3.8) is 0 Å². The molecule has 0 atom stereocenters. The number of benzene rings is 8. The van der Waals surface area contributed by atoms with E-state index in [0.29, 0.717) is 0 Å². The molecule has 2 aliphatic rings. The molecular weight excluding hydrogens is 603 g/mol. The smallest absolute Gasteiger partial charge is 0.0726 e. The Balaban J connectivity index is 1.24. The lowest BCUT2D eigenvalue weighted by Crippen LogP contribution is -2.26. The van der Waals surface area contributed by atoms with Gasteiger partial charge in [-0.25, -0.2) is 0 Å². The van der Waals surface area contributed by atoms with Crippen molar-refractivity contribution < 1.29 is 0 Å². The van der Waals surface area contributed by atoms with Crippen LogP contribution < -0.4 is 4.90 Å². The molecule has 8 aromatic rings. The second-order valence-corrected chi connectivity index (χ2v) is 13.9. The lowest BCUT2D eigenvalue weighted by Gasteiger charge is -2.32. The van der Waals surface area contributed by atoms with Gasteiger partial charge < -0.3 is 4.90 Å². The van der Waals surface area contributed by atoms with E-state index in [1.165, 1.54) is 77.5 Å². The Morgan fingerprint density at radius 1 is 0.340 bits per heavy atom. The maximum absolute atomic E-state index is 2.49. The highest BCUT2D eigenvalue weighted by Crippen LogP contribution is 2.63. The standard InChI is InChI=1S/C49H35N/c1-32-16-25-42-43-26-17-33(2)29-47(43)49(46(42)28-32)45-15-9-8-14-41(45)44-27-24-40(31-48(44)49)50(39-23-20-35-12-6-7-13-37(35)30-39)38-21-18-36(19-22-38)34-10-4-3-5-11-34/h3-31H,1-2H3. The second kappa shape index (κ2) is 10.9. The molecule has 0 heterocycles. The molecule has 0 saturated heterocycles. The van der Waals surface area contributed by atoms with Gasteiger partial charge in [0.25, 0.3) is 0 Å². The van der Waals surface area contributed by atoms with E-state index in [1.807, 2.05) is 0 Å². The Morgan fingerprint density at radius 3 is 1.56 bits per heavy atom. The zero-order valence-corrected chi connectivity index (χ0v) is 28.2. The summed E-state index contributed by atoms with van der Waals surface area (Å²) in [6, 6.07) is 65.5. The van der Waals surface area contributed by atoms with Gasteiger partial charge >= 0.3 is 0 Å². The summed E-state index contributed by atoms with van der Waals surface area (Å²) in [7, 11) is 0. The minimum atomic E-state index is -0.406. The van der Waals surface area contributed by atoms with Gasteiger partial charge in [0.2, 0.25) is 0 Å². The van der Waals surface area contributed by atoms with Crippen molar-refractivity contribution >= 4 is 27.8 Å². The van der Waals surface area contributed by atoms with Crippen LogP contribution in [0.3, 0.4) is 0 Å².